The first-order valence-corrected chi connectivity index (χ1v) is 7.39. The number of benzene rings is 2. The molecule has 2 aromatic carbocycles. The molecular weight excluding hydrogens is 306 g/mol. The third kappa shape index (κ3) is 2.73. The average Bonchev–Trinajstić information content (AvgIpc) is 2.49. The van der Waals surface area contributed by atoms with Crippen LogP contribution in [-0.4, -0.2) is 16.1 Å². The van der Waals surface area contributed by atoms with Gasteiger partial charge in [-0.25, -0.2) is 4.79 Å². The van der Waals surface area contributed by atoms with Crippen LogP contribution in [0.5, 0.6) is 0 Å². The molecular formula is C16H10ClNO2S. The number of aromatic carboxylic acids is 1. The van der Waals surface area contributed by atoms with Gasteiger partial charge in [-0.15, -0.1) is 0 Å². The molecule has 1 N–H and O–H groups in total. The highest BCUT2D eigenvalue weighted by atomic mass is 35.5. The summed E-state index contributed by atoms with van der Waals surface area (Å²) in [5.74, 6) is -0.997. The van der Waals surface area contributed by atoms with Crippen LogP contribution < -0.4 is 0 Å². The lowest BCUT2D eigenvalue weighted by Crippen LogP contribution is -2.01. The van der Waals surface area contributed by atoms with Gasteiger partial charge in [0.2, 0.25) is 0 Å². The second-order valence-corrected chi connectivity index (χ2v) is 5.82. The Morgan fingerprint density at radius 3 is 2.57 bits per heavy atom. The Labute approximate surface area is 130 Å². The summed E-state index contributed by atoms with van der Waals surface area (Å²) in [6.45, 7) is 0. The Kier molecular flexibility index (Phi) is 3.82. The largest absolute Gasteiger partial charge is 0.478 e. The standard InChI is InChI=1S/C16H10ClNO2S/c17-12-6-2-4-8-14(12)21-15-10-5-1-3-7-13(10)18-9-11(15)16(19)20/h1-9H,(H,19,20). The molecule has 21 heavy (non-hydrogen) atoms. The third-order valence-electron chi connectivity index (χ3n) is 3.01. The van der Waals surface area contributed by atoms with Crippen LogP contribution >= 0.6 is 23.4 Å². The van der Waals surface area contributed by atoms with Crippen molar-refractivity contribution in [2.45, 2.75) is 9.79 Å². The van der Waals surface area contributed by atoms with Crippen LogP contribution in [0.15, 0.2) is 64.5 Å². The summed E-state index contributed by atoms with van der Waals surface area (Å²) < 4.78 is 0. The lowest BCUT2D eigenvalue weighted by molar-refractivity contribution is 0.0693. The molecule has 0 saturated heterocycles. The van der Waals surface area contributed by atoms with E-state index in [-0.39, 0.29) is 5.56 Å². The maximum Gasteiger partial charge on any atom is 0.338 e. The van der Waals surface area contributed by atoms with Gasteiger partial charge in [0.1, 0.15) is 0 Å². The molecule has 1 aromatic heterocycles. The molecule has 0 atom stereocenters. The lowest BCUT2D eigenvalue weighted by atomic mass is 10.1. The molecule has 0 aliphatic heterocycles. The Hall–Kier alpha value is -2.04. The SMILES string of the molecule is O=C(O)c1cnc2ccccc2c1Sc1ccccc1Cl. The lowest BCUT2D eigenvalue weighted by Gasteiger charge is -2.10. The molecule has 0 bridgehead atoms. The smallest absolute Gasteiger partial charge is 0.338 e. The van der Waals surface area contributed by atoms with Crippen molar-refractivity contribution in [3.05, 3.63) is 65.3 Å². The Morgan fingerprint density at radius 1 is 1.10 bits per heavy atom. The van der Waals surface area contributed by atoms with E-state index in [0.717, 1.165) is 15.8 Å². The van der Waals surface area contributed by atoms with E-state index in [1.54, 1.807) is 6.07 Å². The number of carbonyl (C=O) groups is 1. The average molecular weight is 316 g/mol. The van der Waals surface area contributed by atoms with Gasteiger partial charge in [-0.1, -0.05) is 53.7 Å². The molecule has 3 aromatic rings. The molecule has 104 valence electrons. The van der Waals surface area contributed by atoms with Crippen molar-refractivity contribution in [3.8, 4) is 0 Å². The van der Waals surface area contributed by atoms with Gasteiger partial charge in [-0.3, -0.25) is 4.98 Å². The summed E-state index contributed by atoms with van der Waals surface area (Å²) in [7, 11) is 0. The van der Waals surface area contributed by atoms with Crippen molar-refractivity contribution in [2.75, 3.05) is 0 Å². The molecule has 3 nitrogen and oxygen atoms in total. The number of rotatable bonds is 3. The van der Waals surface area contributed by atoms with E-state index in [1.807, 2.05) is 42.5 Å². The van der Waals surface area contributed by atoms with Gasteiger partial charge >= 0.3 is 5.97 Å². The first-order valence-electron chi connectivity index (χ1n) is 6.20. The van der Waals surface area contributed by atoms with Crippen molar-refractivity contribution in [3.63, 3.8) is 0 Å². The predicted molar refractivity (Wildman–Crippen MR) is 84.3 cm³/mol. The zero-order valence-corrected chi connectivity index (χ0v) is 12.4. The summed E-state index contributed by atoms with van der Waals surface area (Å²) in [6, 6.07) is 14.8. The van der Waals surface area contributed by atoms with Crippen LogP contribution in [-0.2, 0) is 0 Å². The fourth-order valence-electron chi connectivity index (χ4n) is 2.02. The van der Waals surface area contributed by atoms with E-state index in [0.29, 0.717) is 9.92 Å². The van der Waals surface area contributed by atoms with Crippen molar-refractivity contribution in [1.29, 1.82) is 0 Å². The van der Waals surface area contributed by atoms with E-state index < -0.39 is 5.97 Å². The van der Waals surface area contributed by atoms with Gasteiger partial charge in [-0.2, -0.15) is 0 Å². The maximum absolute atomic E-state index is 11.5. The number of hydrogen-bond donors (Lipinski definition) is 1. The van der Waals surface area contributed by atoms with E-state index in [4.69, 9.17) is 11.6 Å². The summed E-state index contributed by atoms with van der Waals surface area (Å²) in [6.07, 6.45) is 1.39. The Morgan fingerprint density at radius 2 is 1.81 bits per heavy atom. The molecule has 0 amide bonds. The number of carboxylic acids is 1. The van der Waals surface area contributed by atoms with Gasteiger partial charge in [0.15, 0.2) is 0 Å². The topological polar surface area (TPSA) is 50.2 Å². The molecule has 3 rings (SSSR count). The molecule has 1 heterocycles. The molecule has 0 fully saturated rings. The van der Waals surface area contributed by atoms with Crippen LogP contribution in [0.2, 0.25) is 5.02 Å². The van der Waals surface area contributed by atoms with Crippen LogP contribution in [0.3, 0.4) is 0 Å². The molecule has 0 aliphatic carbocycles. The van der Waals surface area contributed by atoms with Gasteiger partial charge < -0.3 is 5.11 Å². The first-order chi connectivity index (χ1) is 10.2. The number of para-hydroxylation sites is 1. The molecule has 0 saturated carbocycles. The van der Waals surface area contributed by atoms with E-state index in [1.165, 1.54) is 18.0 Å². The first kappa shape index (κ1) is 13.9. The minimum absolute atomic E-state index is 0.179. The quantitative estimate of drug-likeness (QED) is 0.758. The monoisotopic (exact) mass is 315 g/mol. The Balaban J connectivity index is 2.21. The fourth-order valence-corrected chi connectivity index (χ4v) is 3.33. The molecule has 0 aliphatic rings. The maximum atomic E-state index is 11.5. The molecule has 5 heteroatoms. The number of fused-ring (bicyclic) bond motifs is 1. The van der Waals surface area contributed by atoms with E-state index in [2.05, 4.69) is 4.98 Å². The number of aromatic nitrogens is 1. The van der Waals surface area contributed by atoms with Crippen molar-refractivity contribution in [2.24, 2.45) is 0 Å². The zero-order valence-electron chi connectivity index (χ0n) is 10.8. The van der Waals surface area contributed by atoms with Gasteiger partial charge in [0.25, 0.3) is 0 Å². The predicted octanol–water partition coefficient (Wildman–Crippen LogP) is 4.74. The van der Waals surface area contributed by atoms with Gasteiger partial charge in [0.05, 0.1) is 16.1 Å². The van der Waals surface area contributed by atoms with E-state index >= 15 is 0 Å². The zero-order chi connectivity index (χ0) is 14.8. The highest BCUT2D eigenvalue weighted by Gasteiger charge is 2.16. The fraction of sp³-hybridized carbons (Fsp3) is 0. The number of nitrogens with zero attached hydrogens (tertiary/aromatic N) is 1. The van der Waals surface area contributed by atoms with Crippen molar-refractivity contribution in [1.82, 2.24) is 4.98 Å². The summed E-state index contributed by atoms with van der Waals surface area (Å²) in [4.78, 5) is 17.1. The molecule has 0 radical (unpaired) electrons. The van der Waals surface area contributed by atoms with Gasteiger partial charge in [0, 0.05) is 21.4 Å². The normalized spacial score (nSPS) is 10.7. The van der Waals surface area contributed by atoms with Crippen molar-refractivity contribution < 1.29 is 9.90 Å². The molecule has 0 spiro atoms. The summed E-state index contributed by atoms with van der Waals surface area (Å²) in [5, 5.41) is 10.8. The minimum Gasteiger partial charge on any atom is -0.478 e. The third-order valence-corrected chi connectivity index (χ3v) is 4.67. The minimum atomic E-state index is -0.997. The number of hydrogen-bond acceptors (Lipinski definition) is 3. The molecule has 0 unspecified atom stereocenters. The van der Waals surface area contributed by atoms with Crippen molar-refractivity contribution >= 4 is 40.2 Å². The van der Waals surface area contributed by atoms with Crippen LogP contribution in [0, 0.1) is 0 Å². The second-order valence-electron chi connectivity index (χ2n) is 4.36. The summed E-state index contributed by atoms with van der Waals surface area (Å²) in [5.41, 5.74) is 0.940. The number of pyridine rings is 1. The summed E-state index contributed by atoms with van der Waals surface area (Å²) >= 11 is 7.52. The Bertz CT molecular complexity index is 835. The highest BCUT2D eigenvalue weighted by Crippen LogP contribution is 2.38. The number of halogens is 1. The number of carboxylic acid groups (broad SMARTS) is 1. The highest BCUT2D eigenvalue weighted by molar-refractivity contribution is 7.99. The van der Waals surface area contributed by atoms with Crippen LogP contribution in [0.1, 0.15) is 10.4 Å². The van der Waals surface area contributed by atoms with Gasteiger partial charge in [-0.05, 0) is 18.2 Å². The second kappa shape index (κ2) is 5.76. The van der Waals surface area contributed by atoms with E-state index in [9.17, 15) is 9.90 Å². The van der Waals surface area contributed by atoms with Crippen LogP contribution in [0.25, 0.3) is 10.9 Å². The van der Waals surface area contributed by atoms with Crippen LogP contribution in [0.4, 0.5) is 0 Å².